The first-order valence-corrected chi connectivity index (χ1v) is 8.04. The van der Waals surface area contributed by atoms with E-state index in [0.717, 1.165) is 40.9 Å². The van der Waals surface area contributed by atoms with Crippen LogP contribution in [0, 0.1) is 6.92 Å². The van der Waals surface area contributed by atoms with Gasteiger partial charge in [-0.25, -0.2) is 0 Å². The van der Waals surface area contributed by atoms with Gasteiger partial charge in [0.1, 0.15) is 11.5 Å². The number of halogens is 1. The maximum Gasteiger partial charge on any atom is 0.134 e. The molecule has 1 aromatic carbocycles. The highest BCUT2D eigenvalue weighted by molar-refractivity contribution is 9.10. The fourth-order valence-corrected chi connectivity index (χ4v) is 2.50. The Morgan fingerprint density at radius 2 is 2.00 bits per heavy atom. The molecule has 0 aliphatic carbocycles. The van der Waals surface area contributed by atoms with Gasteiger partial charge >= 0.3 is 0 Å². The Kier molecular flexibility index (Phi) is 5.44. The number of aryl methyl sites for hydroxylation is 1. The lowest BCUT2D eigenvalue weighted by molar-refractivity contribution is 0.411. The zero-order valence-corrected chi connectivity index (χ0v) is 14.0. The van der Waals surface area contributed by atoms with Gasteiger partial charge in [-0.05, 0) is 56.1 Å². The summed E-state index contributed by atoms with van der Waals surface area (Å²) in [5.74, 6) is 1.96. The lowest BCUT2D eigenvalue weighted by atomic mass is 10.1. The molecule has 0 saturated heterocycles. The Balaban J connectivity index is 2.20. The molecule has 0 spiro atoms. The summed E-state index contributed by atoms with van der Waals surface area (Å²) in [6.07, 6.45) is 2.17. The molecule has 1 aromatic heterocycles. The molecule has 1 atom stereocenters. The highest BCUT2D eigenvalue weighted by atomic mass is 79.9. The maximum atomic E-state index is 6.04. The van der Waals surface area contributed by atoms with Crippen molar-refractivity contribution in [3.8, 4) is 11.3 Å². The van der Waals surface area contributed by atoms with Crippen LogP contribution in [0.4, 0.5) is 0 Å². The second-order valence-electron chi connectivity index (χ2n) is 5.08. The average molecular weight is 336 g/mol. The van der Waals surface area contributed by atoms with Crippen molar-refractivity contribution in [1.82, 2.24) is 5.32 Å². The predicted molar refractivity (Wildman–Crippen MR) is 87.9 cm³/mol. The zero-order chi connectivity index (χ0) is 14.5. The van der Waals surface area contributed by atoms with Crippen LogP contribution in [0.3, 0.4) is 0 Å². The van der Waals surface area contributed by atoms with E-state index in [4.69, 9.17) is 4.42 Å². The first-order valence-electron chi connectivity index (χ1n) is 7.25. The van der Waals surface area contributed by atoms with Crippen LogP contribution in [0.2, 0.25) is 0 Å². The number of nitrogens with one attached hydrogen (secondary N) is 1. The van der Waals surface area contributed by atoms with Crippen molar-refractivity contribution in [2.75, 3.05) is 6.54 Å². The largest absolute Gasteiger partial charge is 0.459 e. The van der Waals surface area contributed by atoms with E-state index in [1.54, 1.807) is 0 Å². The standard InChI is InChI=1S/C17H22BrNO/c1-4-10-19-15(5-2)17-9-8-16(20-17)13-6-7-14(18)12(3)11-13/h6-9,11,15,19H,4-5,10H2,1-3H3. The third-order valence-corrected chi connectivity index (χ3v) is 4.35. The molecule has 0 saturated carbocycles. The summed E-state index contributed by atoms with van der Waals surface area (Å²) in [5.41, 5.74) is 2.35. The van der Waals surface area contributed by atoms with Gasteiger partial charge < -0.3 is 9.73 Å². The van der Waals surface area contributed by atoms with E-state index in [-0.39, 0.29) is 0 Å². The Bertz CT molecular complexity index is 562. The van der Waals surface area contributed by atoms with Crippen molar-refractivity contribution in [3.63, 3.8) is 0 Å². The monoisotopic (exact) mass is 335 g/mol. The molecule has 0 bridgehead atoms. The van der Waals surface area contributed by atoms with E-state index in [0.29, 0.717) is 6.04 Å². The highest BCUT2D eigenvalue weighted by Gasteiger charge is 2.13. The first-order chi connectivity index (χ1) is 9.65. The van der Waals surface area contributed by atoms with Crippen molar-refractivity contribution in [3.05, 3.63) is 46.1 Å². The number of furan rings is 1. The van der Waals surface area contributed by atoms with Gasteiger partial charge in [0, 0.05) is 10.0 Å². The molecular weight excluding hydrogens is 314 g/mol. The summed E-state index contributed by atoms with van der Waals surface area (Å²) in [7, 11) is 0. The topological polar surface area (TPSA) is 25.2 Å². The van der Waals surface area contributed by atoms with E-state index >= 15 is 0 Å². The Labute approximate surface area is 129 Å². The van der Waals surface area contributed by atoms with Crippen LogP contribution < -0.4 is 5.32 Å². The average Bonchev–Trinajstić information content (AvgIpc) is 2.92. The summed E-state index contributed by atoms with van der Waals surface area (Å²) in [6, 6.07) is 10.8. The lowest BCUT2D eigenvalue weighted by Crippen LogP contribution is -2.20. The summed E-state index contributed by atoms with van der Waals surface area (Å²) in [4.78, 5) is 0. The van der Waals surface area contributed by atoms with E-state index in [1.165, 1.54) is 5.56 Å². The van der Waals surface area contributed by atoms with Crippen LogP contribution in [0.1, 0.15) is 44.1 Å². The quantitative estimate of drug-likeness (QED) is 0.757. The van der Waals surface area contributed by atoms with Gasteiger partial charge in [0.15, 0.2) is 0 Å². The molecule has 1 heterocycles. The van der Waals surface area contributed by atoms with Crippen molar-refractivity contribution in [1.29, 1.82) is 0 Å². The minimum absolute atomic E-state index is 0.306. The van der Waals surface area contributed by atoms with Crippen molar-refractivity contribution >= 4 is 15.9 Å². The number of hydrogen-bond acceptors (Lipinski definition) is 2. The van der Waals surface area contributed by atoms with Crippen molar-refractivity contribution in [2.45, 2.75) is 39.7 Å². The van der Waals surface area contributed by atoms with Gasteiger partial charge in [-0.15, -0.1) is 0 Å². The minimum atomic E-state index is 0.306. The molecule has 20 heavy (non-hydrogen) atoms. The first kappa shape index (κ1) is 15.3. The number of benzene rings is 1. The van der Waals surface area contributed by atoms with Crippen molar-refractivity contribution < 1.29 is 4.42 Å². The molecule has 0 aliphatic heterocycles. The molecule has 2 aromatic rings. The maximum absolute atomic E-state index is 6.04. The normalized spacial score (nSPS) is 12.6. The molecule has 1 unspecified atom stereocenters. The van der Waals surface area contributed by atoms with Gasteiger partial charge in [-0.1, -0.05) is 35.8 Å². The third-order valence-electron chi connectivity index (χ3n) is 3.46. The molecular formula is C17H22BrNO. The number of hydrogen-bond donors (Lipinski definition) is 1. The molecule has 0 amide bonds. The summed E-state index contributed by atoms with van der Waals surface area (Å²) < 4.78 is 7.17. The van der Waals surface area contributed by atoms with E-state index in [9.17, 15) is 0 Å². The lowest BCUT2D eigenvalue weighted by Gasteiger charge is -2.13. The zero-order valence-electron chi connectivity index (χ0n) is 12.4. The van der Waals surface area contributed by atoms with Crippen LogP contribution in [-0.2, 0) is 0 Å². The van der Waals surface area contributed by atoms with Crippen LogP contribution in [-0.4, -0.2) is 6.54 Å². The van der Waals surface area contributed by atoms with Crippen LogP contribution in [0.5, 0.6) is 0 Å². The van der Waals surface area contributed by atoms with E-state index in [2.05, 4.69) is 72.3 Å². The van der Waals surface area contributed by atoms with Crippen LogP contribution >= 0.6 is 15.9 Å². The fraction of sp³-hybridized carbons (Fsp3) is 0.412. The summed E-state index contributed by atoms with van der Waals surface area (Å²) in [6.45, 7) is 7.47. The third kappa shape index (κ3) is 3.53. The van der Waals surface area contributed by atoms with Gasteiger partial charge in [0.25, 0.3) is 0 Å². The van der Waals surface area contributed by atoms with Crippen molar-refractivity contribution in [2.24, 2.45) is 0 Å². The molecule has 0 radical (unpaired) electrons. The van der Waals surface area contributed by atoms with Crippen LogP contribution in [0.15, 0.2) is 39.2 Å². The Hall–Kier alpha value is -1.06. The summed E-state index contributed by atoms with van der Waals surface area (Å²) in [5, 5.41) is 3.52. The van der Waals surface area contributed by atoms with Gasteiger partial charge in [0.05, 0.1) is 6.04 Å². The molecule has 2 rings (SSSR count). The summed E-state index contributed by atoms with van der Waals surface area (Å²) >= 11 is 3.53. The highest BCUT2D eigenvalue weighted by Crippen LogP contribution is 2.29. The Morgan fingerprint density at radius 3 is 2.65 bits per heavy atom. The molecule has 0 fully saturated rings. The van der Waals surface area contributed by atoms with Gasteiger partial charge in [-0.3, -0.25) is 0 Å². The molecule has 2 nitrogen and oxygen atoms in total. The second kappa shape index (κ2) is 7.09. The predicted octanol–water partition coefficient (Wildman–Crippen LogP) is 5.47. The molecule has 108 valence electrons. The fourth-order valence-electron chi connectivity index (χ4n) is 2.26. The smallest absolute Gasteiger partial charge is 0.134 e. The van der Waals surface area contributed by atoms with Gasteiger partial charge in [-0.2, -0.15) is 0 Å². The second-order valence-corrected chi connectivity index (χ2v) is 5.94. The van der Waals surface area contributed by atoms with Crippen LogP contribution in [0.25, 0.3) is 11.3 Å². The molecule has 3 heteroatoms. The SMILES string of the molecule is CCCNC(CC)c1ccc(-c2ccc(Br)c(C)c2)o1. The van der Waals surface area contributed by atoms with Gasteiger partial charge in [0.2, 0.25) is 0 Å². The molecule has 1 N–H and O–H groups in total. The van der Waals surface area contributed by atoms with E-state index < -0.39 is 0 Å². The molecule has 0 aliphatic rings. The minimum Gasteiger partial charge on any atom is -0.459 e. The van der Waals surface area contributed by atoms with E-state index in [1.807, 2.05) is 0 Å². The Morgan fingerprint density at radius 1 is 1.20 bits per heavy atom. The number of rotatable bonds is 6.